The SMILES string of the molecule is COC(C)CN(C)C(=O)c1ccc(C[C@@H]2CC[C@H]([C@H](O)c3ccccc3)C2)cc1. The largest absolute Gasteiger partial charge is 0.388 e. The zero-order valence-electron chi connectivity index (χ0n) is 17.8. The van der Waals surface area contributed by atoms with E-state index >= 15 is 0 Å². The van der Waals surface area contributed by atoms with Crippen LogP contribution in [0, 0.1) is 11.8 Å². The molecule has 4 heteroatoms. The summed E-state index contributed by atoms with van der Waals surface area (Å²) in [5.41, 5.74) is 2.99. The fourth-order valence-electron chi connectivity index (χ4n) is 4.39. The van der Waals surface area contributed by atoms with Gasteiger partial charge in [0.2, 0.25) is 0 Å². The van der Waals surface area contributed by atoms with Crippen molar-refractivity contribution in [3.8, 4) is 0 Å². The van der Waals surface area contributed by atoms with Gasteiger partial charge in [-0.25, -0.2) is 0 Å². The number of benzene rings is 2. The van der Waals surface area contributed by atoms with Crippen LogP contribution in [0.4, 0.5) is 0 Å². The molecule has 1 aliphatic rings. The molecule has 2 aromatic carbocycles. The number of nitrogens with zero attached hydrogens (tertiary/aromatic N) is 1. The number of hydrogen-bond acceptors (Lipinski definition) is 3. The van der Waals surface area contributed by atoms with E-state index in [-0.39, 0.29) is 18.1 Å². The van der Waals surface area contributed by atoms with Gasteiger partial charge in [0.05, 0.1) is 12.2 Å². The summed E-state index contributed by atoms with van der Waals surface area (Å²) in [6.07, 6.45) is 3.92. The number of ether oxygens (including phenoxy) is 1. The number of hydrogen-bond donors (Lipinski definition) is 1. The zero-order valence-corrected chi connectivity index (χ0v) is 17.8. The standard InChI is InChI=1S/C25H33NO3/c1-18(29-3)17-26(2)25(28)22-12-9-19(10-13-22)15-20-11-14-23(16-20)24(27)21-7-5-4-6-8-21/h4-10,12-13,18,20,23-24,27H,11,14-17H2,1-3H3/t18?,20-,23-,24+/m0/s1. The fourth-order valence-corrected chi connectivity index (χ4v) is 4.39. The minimum Gasteiger partial charge on any atom is -0.388 e. The van der Waals surface area contributed by atoms with Crippen LogP contribution in [-0.4, -0.2) is 42.7 Å². The highest BCUT2D eigenvalue weighted by atomic mass is 16.5. The molecule has 0 saturated heterocycles. The van der Waals surface area contributed by atoms with Gasteiger partial charge in [-0.15, -0.1) is 0 Å². The van der Waals surface area contributed by atoms with Crippen LogP contribution in [0.15, 0.2) is 54.6 Å². The van der Waals surface area contributed by atoms with Crippen molar-refractivity contribution in [2.75, 3.05) is 20.7 Å². The Morgan fingerprint density at radius 3 is 2.48 bits per heavy atom. The maximum atomic E-state index is 12.5. The average molecular weight is 396 g/mol. The van der Waals surface area contributed by atoms with Crippen molar-refractivity contribution < 1.29 is 14.6 Å². The number of likely N-dealkylation sites (N-methyl/N-ethyl adjacent to an activating group) is 1. The molecule has 1 saturated carbocycles. The van der Waals surface area contributed by atoms with Crippen LogP contribution >= 0.6 is 0 Å². The lowest BCUT2D eigenvalue weighted by atomic mass is 9.91. The van der Waals surface area contributed by atoms with E-state index in [1.165, 1.54) is 5.56 Å². The van der Waals surface area contributed by atoms with E-state index in [9.17, 15) is 9.90 Å². The first-order valence-corrected chi connectivity index (χ1v) is 10.6. The zero-order chi connectivity index (χ0) is 20.8. The third kappa shape index (κ3) is 5.68. The molecule has 0 radical (unpaired) electrons. The van der Waals surface area contributed by atoms with E-state index in [1.54, 1.807) is 12.0 Å². The molecular formula is C25H33NO3. The van der Waals surface area contributed by atoms with Gasteiger partial charge in [0.1, 0.15) is 0 Å². The Bertz CT molecular complexity index is 774. The molecule has 0 aromatic heterocycles. The van der Waals surface area contributed by atoms with Gasteiger partial charge in [-0.1, -0.05) is 42.5 Å². The van der Waals surface area contributed by atoms with Crippen molar-refractivity contribution in [1.29, 1.82) is 0 Å². The number of amides is 1. The Labute approximate surface area is 174 Å². The number of carbonyl (C=O) groups is 1. The molecule has 1 aliphatic carbocycles. The predicted molar refractivity (Wildman–Crippen MR) is 116 cm³/mol. The molecule has 1 N–H and O–H groups in total. The van der Waals surface area contributed by atoms with Crippen LogP contribution in [0.25, 0.3) is 0 Å². The topological polar surface area (TPSA) is 49.8 Å². The monoisotopic (exact) mass is 395 g/mol. The van der Waals surface area contributed by atoms with Gasteiger partial charge in [0.15, 0.2) is 0 Å². The Kier molecular flexibility index (Phi) is 7.45. The molecule has 29 heavy (non-hydrogen) atoms. The van der Waals surface area contributed by atoms with Gasteiger partial charge in [-0.05, 0) is 67.7 Å². The fraction of sp³-hybridized carbons (Fsp3) is 0.480. The summed E-state index contributed by atoms with van der Waals surface area (Å²) in [5, 5.41) is 10.7. The van der Waals surface area contributed by atoms with Crippen LogP contribution in [-0.2, 0) is 11.2 Å². The molecule has 2 aromatic rings. The van der Waals surface area contributed by atoms with E-state index in [0.29, 0.717) is 23.9 Å². The quantitative estimate of drug-likeness (QED) is 0.717. The van der Waals surface area contributed by atoms with Crippen molar-refractivity contribution in [3.63, 3.8) is 0 Å². The minimum atomic E-state index is -0.369. The Balaban J connectivity index is 1.53. The first kappa shape index (κ1) is 21.5. The molecule has 156 valence electrons. The average Bonchev–Trinajstić information content (AvgIpc) is 3.22. The van der Waals surface area contributed by atoms with Gasteiger partial charge in [-0.3, -0.25) is 4.79 Å². The third-order valence-electron chi connectivity index (χ3n) is 6.17. The summed E-state index contributed by atoms with van der Waals surface area (Å²) in [6, 6.07) is 18.0. The summed E-state index contributed by atoms with van der Waals surface area (Å²) in [4.78, 5) is 14.3. The lowest BCUT2D eigenvalue weighted by Gasteiger charge is -2.21. The third-order valence-corrected chi connectivity index (χ3v) is 6.17. The summed E-state index contributed by atoms with van der Waals surface area (Å²) in [5.74, 6) is 0.942. The molecule has 0 spiro atoms. The minimum absolute atomic E-state index is 0.0183. The summed E-state index contributed by atoms with van der Waals surface area (Å²) in [6.45, 7) is 2.53. The van der Waals surface area contributed by atoms with E-state index in [1.807, 2.05) is 56.4 Å². The van der Waals surface area contributed by atoms with Crippen LogP contribution in [0.5, 0.6) is 0 Å². The summed E-state index contributed by atoms with van der Waals surface area (Å²) >= 11 is 0. The second-order valence-electron chi connectivity index (χ2n) is 8.43. The highest BCUT2D eigenvalue weighted by Gasteiger charge is 2.30. The van der Waals surface area contributed by atoms with Crippen molar-refractivity contribution in [3.05, 3.63) is 71.3 Å². The first-order chi connectivity index (χ1) is 14.0. The van der Waals surface area contributed by atoms with Gasteiger partial charge in [0.25, 0.3) is 5.91 Å². The van der Waals surface area contributed by atoms with Crippen LogP contribution in [0.2, 0.25) is 0 Å². The Morgan fingerprint density at radius 1 is 1.14 bits per heavy atom. The Hall–Kier alpha value is -2.17. The first-order valence-electron chi connectivity index (χ1n) is 10.6. The van der Waals surface area contributed by atoms with Crippen molar-refractivity contribution in [2.24, 2.45) is 11.8 Å². The molecule has 0 heterocycles. The van der Waals surface area contributed by atoms with Crippen LogP contribution < -0.4 is 0 Å². The summed E-state index contributed by atoms with van der Waals surface area (Å²) < 4.78 is 5.24. The van der Waals surface area contributed by atoms with Gasteiger partial charge >= 0.3 is 0 Å². The van der Waals surface area contributed by atoms with Gasteiger partial charge < -0.3 is 14.7 Å². The predicted octanol–water partition coefficient (Wildman–Crippen LogP) is 4.49. The molecule has 0 aliphatic heterocycles. The molecule has 1 unspecified atom stereocenters. The molecular weight excluding hydrogens is 362 g/mol. The van der Waals surface area contributed by atoms with E-state index in [0.717, 1.165) is 31.2 Å². The molecule has 1 amide bonds. The number of methoxy groups -OCH3 is 1. The number of aliphatic hydroxyl groups excluding tert-OH is 1. The van der Waals surface area contributed by atoms with Gasteiger partial charge in [-0.2, -0.15) is 0 Å². The molecule has 0 bridgehead atoms. The smallest absolute Gasteiger partial charge is 0.253 e. The summed E-state index contributed by atoms with van der Waals surface area (Å²) in [7, 11) is 3.46. The number of aliphatic hydroxyl groups is 1. The normalized spacial score (nSPS) is 21.0. The van der Waals surface area contributed by atoms with Crippen LogP contribution in [0.1, 0.15) is 53.8 Å². The van der Waals surface area contributed by atoms with Crippen LogP contribution in [0.3, 0.4) is 0 Å². The van der Waals surface area contributed by atoms with E-state index < -0.39 is 0 Å². The van der Waals surface area contributed by atoms with Crippen molar-refractivity contribution >= 4 is 5.91 Å². The lowest BCUT2D eigenvalue weighted by Crippen LogP contribution is -2.33. The van der Waals surface area contributed by atoms with Crippen molar-refractivity contribution in [2.45, 2.75) is 44.8 Å². The lowest BCUT2D eigenvalue weighted by molar-refractivity contribution is 0.0600. The second kappa shape index (κ2) is 10.0. The van der Waals surface area contributed by atoms with E-state index in [2.05, 4.69) is 12.1 Å². The maximum absolute atomic E-state index is 12.5. The van der Waals surface area contributed by atoms with E-state index in [4.69, 9.17) is 4.74 Å². The molecule has 4 atom stereocenters. The highest BCUT2D eigenvalue weighted by Crippen LogP contribution is 2.40. The molecule has 1 fully saturated rings. The number of carbonyl (C=O) groups excluding carboxylic acids is 1. The second-order valence-corrected chi connectivity index (χ2v) is 8.43. The Morgan fingerprint density at radius 2 is 1.83 bits per heavy atom. The van der Waals surface area contributed by atoms with Gasteiger partial charge in [0, 0.05) is 26.3 Å². The maximum Gasteiger partial charge on any atom is 0.253 e. The number of rotatable bonds is 8. The molecule has 4 nitrogen and oxygen atoms in total. The van der Waals surface area contributed by atoms with Crippen molar-refractivity contribution in [1.82, 2.24) is 4.90 Å². The molecule has 3 rings (SSSR count). The highest BCUT2D eigenvalue weighted by molar-refractivity contribution is 5.94.